The number of halogens is 1. The van der Waals surface area contributed by atoms with Crippen LogP contribution in [0, 0.1) is 0 Å². The predicted octanol–water partition coefficient (Wildman–Crippen LogP) is 2.68. The lowest BCUT2D eigenvalue weighted by atomic mass is 10.3. The fourth-order valence-electron chi connectivity index (χ4n) is 2.50. The zero-order chi connectivity index (χ0) is 17.5. The van der Waals surface area contributed by atoms with Gasteiger partial charge in [-0.1, -0.05) is 15.9 Å². The summed E-state index contributed by atoms with van der Waals surface area (Å²) in [4.78, 5) is 14.4. The van der Waals surface area contributed by atoms with Gasteiger partial charge in [0.05, 0.1) is 13.2 Å². The molecular weight excluding hydrogens is 388 g/mol. The number of nitrogens with one attached hydrogen (secondary N) is 1. The molecule has 6 nitrogen and oxygen atoms in total. The summed E-state index contributed by atoms with van der Waals surface area (Å²) in [7, 11) is 0. The Bertz CT molecular complexity index is 681. The number of furan rings is 1. The molecule has 7 heteroatoms. The topological polar surface area (TPSA) is 63.9 Å². The summed E-state index contributed by atoms with van der Waals surface area (Å²) < 4.78 is 17.5. The Kier molecular flexibility index (Phi) is 6.49. The van der Waals surface area contributed by atoms with E-state index in [2.05, 4.69) is 26.1 Å². The van der Waals surface area contributed by atoms with E-state index in [1.807, 2.05) is 24.3 Å². The summed E-state index contributed by atoms with van der Waals surface area (Å²) in [5.74, 6) is 1.46. The molecule has 1 aromatic carbocycles. The number of hydrogen-bond acceptors (Lipinski definition) is 5. The van der Waals surface area contributed by atoms with Crippen LogP contribution >= 0.6 is 15.9 Å². The van der Waals surface area contributed by atoms with Crippen molar-refractivity contribution < 1.29 is 18.7 Å². The maximum Gasteiger partial charge on any atom is 0.287 e. The van der Waals surface area contributed by atoms with Gasteiger partial charge in [0.1, 0.15) is 18.1 Å². The molecule has 25 heavy (non-hydrogen) atoms. The van der Waals surface area contributed by atoms with E-state index in [4.69, 9.17) is 13.9 Å². The third-order valence-electron chi connectivity index (χ3n) is 3.90. The lowest BCUT2D eigenvalue weighted by molar-refractivity contribution is 0.0382. The van der Waals surface area contributed by atoms with Crippen molar-refractivity contribution in [1.29, 1.82) is 0 Å². The lowest BCUT2D eigenvalue weighted by Crippen LogP contribution is -2.41. The molecule has 0 saturated carbocycles. The number of amides is 1. The van der Waals surface area contributed by atoms with Crippen LogP contribution < -0.4 is 10.1 Å². The summed E-state index contributed by atoms with van der Waals surface area (Å²) in [5.41, 5.74) is 0. The molecule has 0 atom stereocenters. The van der Waals surface area contributed by atoms with Crippen molar-refractivity contribution in [3.63, 3.8) is 0 Å². The molecule has 134 valence electrons. The zero-order valence-corrected chi connectivity index (χ0v) is 15.5. The van der Waals surface area contributed by atoms with Gasteiger partial charge in [0.15, 0.2) is 5.76 Å². The van der Waals surface area contributed by atoms with Gasteiger partial charge in [-0.2, -0.15) is 0 Å². The van der Waals surface area contributed by atoms with Gasteiger partial charge >= 0.3 is 0 Å². The number of morpholine rings is 1. The number of ether oxygens (including phenoxy) is 2. The van der Waals surface area contributed by atoms with Crippen LogP contribution in [0.25, 0.3) is 0 Å². The first-order chi connectivity index (χ1) is 12.2. The van der Waals surface area contributed by atoms with Crippen molar-refractivity contribution in [3.05, 3.63) is 52.4 Å². The van der Waals surface area contributed by atoms with E-state index in [1.54, 1.807) is 12.1 Å². The highest BCUT2D eigenvalue weighted by atomic mass is 79.9. The molecule has 2 aromatic rings. The second-order valence-electron chi connectivity index (χ2n) is 5.72. The average molecular weight is 409 g/mol. The van der Waals surface area contributed by atoms with E-state index in [1.165, 1.54) is 0 Å². The van der Waals surface area contributed by atoms with E-state index < -0.39 is 0 Å². The maximum absolute atomic E-state index is 12.1. The summed E-state index contributed by atoms with van der Waals surface area (Å²) in [6.07, 6.45) is 0. The van der Waals surface area contributed by atoms with E-state index in [-0.39, 0.29) is 12.5 Å². The number of nitrogens with zero attached hydrogens (tertiary/aromatic N) is 1. The van der Waals surface area contributed by atoms with Crippen LogP contribution in [0.1, 0.15) is 16.3 Å². The minimum absolute atomic E-state index is 0.205. The Balaban J connectivity index is 1.42. The van der Waals surface area contributed by atoms with Crippen molar-refractivity contribution in [1.82, 2.24) is 10.2 Å². The van der Waals surface area contributed by atoms with Gasteiger partial charge < -0.3 is 19.2 Å². The first-order valence-corrected chi connectivity index (χ1v) is 9.05. The van der Waals surface area contributed by atoms with Crippen molar-refractivity contribution in [3.8, 4) is 5.75 Å². The van der Waals surface area contributed by atoms with Crippen LogP contribution in [0.15, 0.2) is 45.3 Å². The summed E-state index contributed by atoms with van der Waals surface area (Å²) in [6, 6.07) is 11.0. The summed E-state index contributed by atoms with van der Waals surface area (Å²) >= 11 is 3.38. The van der Waals surface area contributed by atoms with Crippen LogP contribution in [-0.4, -0.2) is 50.2 Å². The second-order valence-corrected chi connectivity index (χ2v) is 6.63. The second kappa shape index (κ2) is 9.03. The van der Waals surface area contributed by atoms with Crippen molar-refractivity contribution in [2.75, 3.05) is 39.4 Å². The number of benzene rings is 1. The van der Waals surface area contributed by atoms with Crippen LogP contribution in [0.3, 0.4) is 0 Å². The Labute approximate surface area is 155 Å². The Morgan fingerprint density at radius 1 is 1.16 bits per heavy atom. The fraction of sp³-hybridized carbons (Fsp3) is 0.389. The number of hydrogen-bond donors (Lipinski definition) is 1. The zero-order valence-electron chi connectivity index (χ0n) is 13.9. The molecule has 1 N–H and O–H groups in total. The summed E-state index contributed by atoms with van der Waals surface area (Å²) in [6.45, 7) is 5.02. The van der Waals surface area contributed by atoms with Crippen molar-refractivity contribution in [2.24, 2.45) is 0 Å². The highest BCUT2D eigenvalue weighted by Gasteiger charge is 2.13. The smallest absolute Gasteiger partial charge is 0.287 e. The van der Waals surface area contributed by atoms with Gasteiger partial charge in [0.25, 0.3) is 5.91 Å². The van der Waals surface area contributed by atoms with E-state index in [0.717, 1.165) is 43.1 Å². The first-order valence-electron chi connectivity index (χ1n) is 8.26. The molecule has 2 heterocycles. The molecule has 1 aromatic heterocycles. The number of rotatable bonds is 7. The van der Waals surface area contributed by atoms with Gasteiger partial charge in [-0.25, -0.2) is 0 Å². The first kappa shape index (κ1) is 18.0. The highest BCUT2D eigenvalue weighted by Crippen LogP contribution is 2.18. The van der Waals surface area contributed by atoms with E-state index in [9.17, 15) is 4.79 Å². The molecule has 3 rings (SSSR count). The Morgan fingerprint density at radius 2 is 1.92 bits per heavy atom. The van der Waals surface area contributed by atoms with Gasteiger partial charge in [-0.3, -0.25) is 9.69 Å². The molecule has 1 amide bonds. The van der Waals surface area contributed by atoms with E-state index in [0.29, 0.717) is 18.1 Å². The van der Waals surface area contributed by atoms with Gasteiger partial charge in [-0.05, 0) is 36.4 Å². The van der Waals surface area contributed by atoms with E-state index >= 15 is 0 Å². The lowest BCUT2D eigenvalue weighted by Gasteiger charge is -2.26. The molecule has 1 aliphatic rings. The quantitative estimate of drug-likeness (QED) is 0.762. The average Bonchev–Trinajstić information content (AvgIpc) is 3.11. The van der Waals surface area contributed by atoms with Crippen LogP contribution in [0.4, 0.5) is 0 Å². The molecule has 0 spiro atoms. The van der Waals surface area contributed by atoms with Crippen molar-refractivity contribution >= 4 is 21.8 Å². The Morgan fingerprint density at radius 3 is 2.68 bits per heavy atom. The van der Waals surface area contributed by atoms with Gasteiger partial charge in [-0.15, -0.1) is 0 Å². The molecule has 0 radical (unpaired) electrons. The molecule has 1 fully saturated rings. The normalized spacial score (nSPS) is 15.1. The van der Waals surface area contributed by atoms with Crippen molar-refractivity contribution in [2.45, 2.75) is 6.61 Å². The van der Waals surface area contributed by atoms with Crippen LogP contribution in [0.5, 0.6) is 5.75 Å². The largest absolute Gasteiger partial charge is 0.486 e. The summed E-state index contributed by atoms with van der Waals surface area (Å²) in [5, 5.41) is 2.88. The predicted molar refractivity (Wildman–Crippen MR) is 96.8 cm³/mol. The van der Waals surface area contributed by atoms with Crippen LogP contribution in [0.2, 0.25) is 0 Å². The van der Waals surface area contributed by atoms with Crippen LogP contribution in [-0.2, 0) is 11.3 Å². The van der Waals surface area contributed by atoms with Gasteiger partial charge in [0, 0.05) is 30.7 Å². The SMILES string of the molecule is O=C(NCCN1CCOCC1)c1ccc(COc2ccc(Br)cc2)o1. The van der Waals surface area contributed by atoms with Gasteiger partial charge in [0.2, 0.25) is 0 Å². The molecule has 0 unspecified atom stereocenters. The molecular formula is C18H21BrN2O4. The molecule has 1 saturated heterocycles. The minimum atomic E-state index is -0.205. The number of carbonyl (C=O) groups is 1. The highest BCUT2D eigenvalue weighted by molar-refractivity contribution is 9.10. The molecule has 0 bridgehead atoms. The monoisotopic (exact) mass is 408 g/mol. The molecule has 1 aliphatic heterocycles. The fourth-order valence-corrected chi connectivity index (χ4v) is 2.77. The standard InChI is InChI=1S/C18H21BrN2O4/c19-14-1-3-15(4-2-14)24-13-16-5-6-17(25-16)18(22)20-7-8-21-9-11-23-12-10-21/h1-6H,7-13H2,(H,20,22). The molecule has 0 aliphatic carbocycles. The maximum atomic E-state index is 12.1. The number of carbonyl (C=O) groups excluding carboxylic acids is 1. The Hall–Kier alpha value is -1.83. The third kappa shape index (κ3) is 5.59. The third-order valence-corrected chi connectivity index (χ3v) is 4.43. The minimum Gasteiger partial charge on any atom is -0.486 e.